The summed E-state index contributed by atoms with van der Waals surface area (Å²) in [5.74, 6) is 2.87. The molecule has 158 valence electrons. The lowest BCUT2D eigenvalue weighted by Crippen LogP contribution is -2.45. The largest absolute Gasteiger partial charge is 0.353 e. The molecular weight excluding hydrogens is 475 g/mol. The van der Waals surface area contributed by atoms with Crippen LogP contribution < -0.4 is 5.32 Å². The zero-order valence-electron chi connectivity index (χ0n) is 17.8. The normalized spacial score (nSPS) is 22.7. The second kappa shape index (κ2) is 9.45. The van der Waals surface area contributed by atoms with E-state index >= 15 is 0 Å². The Balaban J connectivity index is 0.00000240. The Labute approximate surface area is 191 Å². The number of rotatable bonds is 4. The summed E-state index contributed by atoms with van der Waals surface area (Å²) in [6.07, 6.45) is 6.26. The molecule has 1 saturated carbocycles. The zero-order valence-corrected chi connectivity index (χ0v) is 20.1. The molecule has 1 aliphatic carbocycles. The van der Waals surface area contributed by atoms with Crippen molar-refractivity contribution in [2.45, 2.75) is 64.0 Å². The maximum absolute atomic E-state index is 4.98. The van der Waals surface area contributed by atoms with Gasteiger partial charge in [-0.05, 0) is 31.7 Å². The van der Waals surface area contributed by atoms with Crippen LogP contribution in [0.1, 0.15) is 56.2 Å². The quantitative estimate of drug-likeness (QED) is 0.388. The van der Waals surface area contributed by atoms with Crippen molar-refractivity contribution in [2.24, 2.45) is 12.0 Å². The fourth-order valence-corrected chi connectivity index (χ4v) is 4.44. The molecule has 1 N–H and O–H groups in total. The van der Waals surface area contributed by atoms with E-state index in [1.165, 1.54) is 31.2 Å². The number of nitrogens with one attached hydrogen (secondary N) is 1. The lowest BCUT2D eigenvalue weighted by molar-refractivity contribution is 0.427. The molecule has 0 spiro atoms. The number of likely N-dealkylation sites (tertiary alicyclic amines) is 1. The van der Waals surface area contributed by atoms with Crippen LogP contribution in [0.3, 0.4) is 0 Å². The molecule has 2 aliphatic rings. The minimum absolute atomic E-state index is 0. The molecule has 6 nitrogen and oxygen atoms in total. The Bertz CT molecular complexity index is 827. The molecule has 4 rings (SSSR count). The maximum atomic E-state index is 4.98. The molecule has 0 radical (unpaired) electrons. The van der Waals surface area contributed by atoms with Gasteiger partial charge in [-0.15, -0.1) is 34.2 Å². The van der Waals surface area contributed by atoms with Gasteiger partial charge < -0.3 is 14.8 Å². The van der Waals surface area contributed by atoms with Crippen molar-refractivity contribution in [1.29, 1.82) is 0 Å². The molecule has 0 amide bonds. The van der Waals surface area contributed by atoms with Crippen molar-refractivity contribution < 1.29 is 0 Å². The molecule has 1 saturated heterocycles. The number of benzene rings is 1. The third kappa shape index (κ3) is 4.92. The van der Waals surface area contributed by atoms with Gasteiger partial charge in [-0.2, -0.15) is 0 Å². The van der Waals surface area contributed by atoms with Crippen LogP contribution >= 0.6 is 24.0 Å². The first-order valence-electron chi connectivity index (χ1n) is 10.5. The van der Waals surface area contributed by atoms with Crippen molar-refractivity contribution >= 4 is 29.9 Å². The van der Waals surface area contributed by atoms with E-state index in [1.54, 1.807) is 0 Å². The van der Waals surface area contributed by atoms with E-state index in [1.807, 2.05) is 18.5 Å². The zero-order chi connectivity index (χ0) is 19.6. The smallest absolute Gasteiger partial charge is 0.194 e. The van der Waals surface area contributed by atoms with E-state index < -0.39 is 0 Å². The first kappa shape index (κ1) is 22.1. The number of aromatic nitrogens is 3. The predicted molar refractivity (Wildman–Crippen MR) is 128 cm³/mol. The fourth-order valence-electron chi connectivity index (χ4n) is 4.44. The van der Waals surface area contributed by atoms with E-state index in [2.05, 4.69) is 57.7 Å². The number of guanidine groups is 1. The minimum atomic E-state index is 0. The van der Waals surface area contributed by atoms with E-state index in [0.29, 0.717) is 12.6 Å². The summed E-state index contributed by atoms with van der Waals surface area (Å²) in [5.41, 5.74) is 1.59. The van der Waals surface area contributed by atoms with E-state index in [0.717, 1.165) is 37.1 Å². The molecule has 1 atom stereocenters. The number of hydrogen-bond donors (Lipinski definition) is 1. The summed E-state index contributed by atoms with van der Waals surface area (Å²) in [6, 6.07) is 11.4. The average molecular weight is 508 g/mol. The summed E-state index contributed by atoms with van der Waals surface area (Å²) in [7, 11) is 2.01. The molecule has 1 aliphatic heterocycles. The van der Waals surface area contributed by atoms with Gasteiger partial charge in [0.1, 0.15) is 12.4 Å². The van der Waals surface area contributed by atoms with Gasteiger partial charge in [0.25, 0.3) is 0 Å². The molecule has 1 unspecified atom stereocenters. The van der Waals surface area contributed by atoms with Gasteiger partial charge in [-0.3, -0.25) is 0 Å². The number of halogens is 1. The monoisotopic (exact) mass is 508 g/mol. The Morgan fingerprint density at radius 3 is 2.59 bits per heavy atom. The van der Waals surface area contributed by atoms with Crippen molar-refractivity contribution in [3.8, 4) is 0 Å². The van der Waals surface area contributed by atoms with E-state index in [4.69, 9.17) is 4.99 Å². The van der Waals surface area contributed by atoms with Crippen LogP contribution in [0, 0.1) is 6.92 Å². The second-order valence-electron chi connectivity index (χ2n) is 8.59. The van der Waals surface area contributed by atoms with Gasteiger partial charge >= 0.3 is 0 Å². The first-order valence-corrected chi connectivity index (χ1v) is 10.5. The summed E-state index contributed by atoms with van der Waals surface area (Å²) < 4.78 is 2.02. The van der Waals surface area contributed by atoms with Crippen molar-refractivity contribution in [1.82, 2.24) is 25.0 Å². The number of hydrogen-bond acceptors (Lipinski definition) is 3. The highest BCUT2D eigenvalue weighted by molar-refractivity contribution is 14.0. The highest BCUT2D eigenvalue weighted by Crippen LogP contribution is 2.34. The lowest BCUT2D eigenvalue weighted by atomic mass is 9.82. The molecule has 7 heteroatoms. The first-order chi connectivity index (χ1) is 13.5. The highest BCUT2D eigenvalue weighted by atomic mass is 127. The van der Waals surface area contributed by atoms with Crippen LogP contribution in [0.4, 0.5) is 0 Å². The summed E-state index contributed by atoms with van der Waals surface area (Å²) in [6.45, 7) is 6.94. The van der Waals surface area contributed by atoms with Gasteiger partial charge in [0.15, 0.2) is 11.8 Å². The summed E-state index contributed by atoms with van der Waals surface area (Å²) in [4.78, 5) is 7.42. The maximum Gasteiger partial charge on any atom is 0.194 e. The van der Waals surface area contributed by atoms with Gasteiger partial charge in [-0.25, -0.2) is 4.99 Å². The van der Waals surface area contributed by atoms with Crippen molar-refractivity contribution in [2.75, 3.05) is 13.1 Å². The Morgan fingerprint density at radius 1 is 1.21 bits per heavy atom. The van der Waals surface area contributed by atoms with Crippen LogP contribution in [-0.2, 0) is 19.0 Å². The van der Waals surface area contributed by atoms with Gasteiger partial charge in [0.2, 0.25) is 0 Å². The Morgan fingerprint density at radius 2 is 1.93 bits per heavy atom. The molecule has 1 aromatic heterocycles. The van der Waals surface area contributed by atoms with Gasteiger partial charge in [0, 0.05) is 31.6 Å². The van der Waals surface area contributed by atoms with Crippen LogP contribution in [0.2, 0.25) is 0 Å². The molecule has 0 bridgehead atoms. The Kier molecular flexibility index (Phi) is 7.19. The van der Waals surface area contributed by atoms with Crippen molar-refractivity contribution in [3.05, 3.63) is 47.5 Å². The topological polar surface area (TPSA) is 58.3 Å². The minimum Gasteiger partial charge on any atom is -0.353 e. The molecule has 2 aromatic rings. The molecule has 2 heterocycles. The fraction of sp³-hybridized carbons (Fsp3) is 0.591. The number of nitrogens with zero attached hydrogens (tertiary/aromatic N) is 5. The van der Waals surface area contributed by atoms with Crippen LogP contribution in [-0.4, -0.2) is 44.8 Å². The molecular formula is C22H33IN6. The van der Waals surface area contributed by atoms with Crippen LogP contribution in [0.25, 0.3) is 0 Å². The van der Waals surface area contributed by atoms with Crippen molar-refractivity contribution in [3.63, 3.8) is 0 Å². The van der Waals surface area contributed by atoms with Gasteiger partial charge in [0.05, 0.1) is 0 Å². The summed E-state index contributed by atoms with van der Waals surface area (Å²) in [5, 5.41) is 12.2. The highest BCUT2D eigenvalue weighted by Gasteiger charge is 2.37. The number of aryl methyl sites for hydroxylation is 1. The molecule has 29 heavy (non-hydrogen) atoms. The lowest BCUT2D eigenvalue weighted by Gasteiger charge is -2.28. The van der Waals surface area contributed by atoms with Gasteiger partial charge in [-0.1, -0.05) is 50.1 Å². The molecule has 1 aromatic carbocycles. The second-order valence-corrected chi connectivity index (χ2v) is 8.59. The third-order valence-corrected chi connectivity index (χ3v) is 6.48. The van der Waals surface area contributed by atoms with Crippen LogP contribution in [0.15, 0.2) is 35.3 Å². The van der Waals surface area contributed by atoms with E-state index in [-0.39, 0.29) is 29.4 Å². The molecule has 2 fully saturated rings. The SMILES string of the molecule is Cc1nnc(CN=C(NC2CCCC2)N2CCC(C)(c3ccccc3)C2)n1C.I. The predicted octanol–water partition coefficient (Wildman–Crippen LogP) is 3.79. The average Bonchev–Trinajstić information content (AvgIpc) is 3.43. The summed E-state index contributed by atoms with van der Waals surface area (Å²) >= 11 is 0. The number of aliphatic imine (C=N–C) groups is 1. The third-order valence-electron chi connectivity index (χ3n) is 6.48. The Hall–Kier alpha value is -1.64. The van der Waals surface area contributed by atoms with E-state index in [9.17, 15) is 0 Å². The standard InChI is InChI=1S/C22H32N6.HI/c1-17-25-26-20(27(17)3)15-23-21(24-19-11-7-8-12-19)28-14-13-22(2,16-28)18-9-5-4-6-10-18;/h4-6,9-10,19H,7-8,11-16H2,1-3H3,(H,23,24);1H. The van der Waals surface area contributed by atoms with Crippen LogP contribution in [0.5, 0.6) is 0 Å².